The molecular weight excluding hydrogens is 378 g/mol. The van der Waals surface area contributed by atoms with Crippen LogP contribution in [0.3, 0.4) is 0 Å². The zero-order valence-electron chi connectivity index (χ0n) is 16.2. The second kappa shape index (κ2) is 11.6. The van der Waals surface area contributed by atoms with Gasteiger partial charge in [0.1, 0.15) is 5.25 Å². The number of ether oxygens (including phenoxy) is 2. The number of rotatable bonds is 11. The van der Waals surface area contributed by atoms with E-state index in [9.17, 15) is 9.35 Å². The van der Waals surface area contributed by atoms with E-state index < -0.39 is 22.3 Å². The van der Waals surface area contributed by atoms with Crippen LogP contribution in [0.2, 0.25) is 0 Å². The SMILES string of the molecule is COc1ccc([S+]([O-])C(CCCCc2ccccc2)CC(=O)NO)cc1OC. The van der Waals surface area contributed by atoms with Gasteiger partial charge in [0, 0.05) is 6.07 Å². The van der Waals surface area contributed by atoms with Crippen LogP contribution in [0, 0.1) is 0 Å². The standard InChI is InChI=1S/C21H27NO5S/c1-26-19-13-12-18(14-20(19)27-2)28(25)17(15-21(23)22-24)11-7-6-10-16-8-4-3-5-9-16/h3-5,8-9,12-14,17,24H,6-7,10-11,15H2,1-2H3,(H,22,23). The highest BCUT2D eigenvalue weighted by molar-refractivity contribution is 7.92. The van der Waals surface area contributed by atoms with Crippen molar-refractivity contribution in [2.45, 2.75) is 42.2 Å². The molecule has 2 aromatic rings. The minimum atomic E-state index is -1.42. The average Bonchev–Trinajstić information content (AvgIpc) is 2.75. The molecular formula is C21H27NO5S. The van der Waals surface area contributed by atoms with Crippen LogP contribution in [-0.4, -0.2) is 35.1 Å². The number of aryl methyl sites for hydroxylation is 1. The number of nitrogens with one attached hydrogen (secondary N) is 1. The van der Waals surface area contributed by atoms with Gasteiger partial charge in [-0.05, 0) is 54.6 Å². The molecule has 0 radical (unpaired) electrons. The molecule has 2 N–H and O–H groups in total. The van der Waals surface area contributed by atoms with Gasteiger partial charge in [-0.15, -0.1) is 0 Å². The number of benzene rings is 2. The summed E-state index contributed by atoms with van der Waals surface area (Å²) < 4.78 is 23.6. The first-order chi connectivity index (χ1) is 13.6. The van der Waals surface area contributed by atoms with Crippen molar-refractivity contribution in [3.8, 4) is 11.5 Å². The van der Waals surface area contributed by atoms with Crippen LogP contribution in [0.25, 0.3) is 0 Å². The second-order valence-corrected chi connectivity index (χ2v) is 8.14. The summed E-state index contributed by atoms with van der Waals surface area (Å²) in [6.45, 7) is 0. The number of carbonyl (C=O) groups excluding carboxylic acids is 1. The Morgan fingerprint density at radius 3 is 2.46 bits per heavy atom. The molecule has 0 saturated heterocycles. The van der Waals surface area contributed by atoms with E-state index in [1.54, 1.807) is 23.7 Å². The summed E-state index contributed by atoms with van der Waals surface area (Å²) >= 11 is -1.42. The van der Waals surface area contributed by atoms with Crippen LogP contribution in [0.4, 0.5) is 0 Å². The molecule has 152 valence electrons. The summed E-state index contributed by atoms with van der Waals surface area (Å²) in [5, 5.41) is 8.47. The van der Waals surface area contributed by atoms with Crippen molar-refractivity contribution >= 4 is 17.1 Å². The van der Waals surface area contributed by atoms with Crippen LogP contribution in [0.15, 0.2) is 53.4 Å². The molecule has 2 unspecified atom stereocenters. The second-order valence-electron chi connectivity index (χ2n) is 6.41. The first-order valence-electron chi connectivity index (χ1n) is 9.18. The van der Waals surface area contributed by atoms with Gasteiger partial charge in [-0.3, -0.25) is 10.0 Å². The van der Waals surface area contributed by atoms with Crippen LogP contribution in [0.1, 0.15) is 31.2 Å². The van der Waals surface area contributed by atoms with E-state index in [0.29, 0.717) is 22.8 Å². The summed E-state index contributed by atoms with van der Waals surface area (Å²) in [5.41, 5.74) is 2.90. The lowest BCUT2D eigenvalue weighted by Gasteiger charge is -2.21. The maximum atomic E-state index is 13.1. The molecule has 6 nitrogen and oxygen atoms in total. The summed E-state index contributed by atoms with van der Waals surface area (Å²) in [4.78, 5) is 12.3. The molecule has 7 heteroatoms. The predicted molar refractivity (Wildman–Crippen MR) is 108 cm³/mol. The Morgan fingerprint density at radius 1 is 1.11 bits per heavy atom. The van der Waals surface area contributed by atoms with Crippen molar-refractivity contribution in [1.82, 2.24) is 5.48 Å². The minimum absolute atomic E-state index is 0.0111. The summed E-state index contributed by atoms with van der Waals surface area (Å²) in [6, 6.07) is 15.3. The maximum absolute atomic E-state index is 13.1. The van der Waals surface area contributed by atoms with Gasteiger partial charge in [0.2, 0.25) is 5.91 Å². The molecule has 28 heavy (non-hydrogen) atoms. The summed E-state index contributed by atoms with van der Waals surface area (Å²) in [5.74, 6) is 0.500. The third kappa shape index (κ3) is 6.44. The number of hydrogen-bond donors (Lipinski definition) is 2. The third-order valence-electron chi connectivity index (χ3n) is 4.51. The normalized spacial score (nSPS) is 12.9. The van der Waals surface area contributed by atoms with Crippen molar-refractivity contribution in [2.75, 3.05) is 14.2 Å². The predicted octanol–water partition coefficient (Wildman–Crippen LogP) is 3.49. The highest BCUT2D eigenvalue weighted by atomic mass is 32.2. The topological polar surface area (TPSA) is 90.9 Å². The smallest absolute Gasteiger partial charge is 0.248 e. The van der Waals surface area contributed by atoms with Crippen LogP contribution in [-0.2, 0) is 22.4 Å². The Balaban J connectivity index is 2.03. The molecule has 0 spiro atoms. The van der Waals surface area contributed by atoms with E-state index in [-0.39, 0.29) is 6.42 Å². The maximum Gasteiger partial charge on any atom is 0.248 e. The molecule has 1 amide bonds. The van der Waals surface area contributed by atoms with Crippen LogP contribution >= 0.6 is 0 Å². The van der Waals surface area contributed by atoms with Gasteiger partial charge < -0.3 is 14.0 Å². The molecule has 0 bridgehead atoms. The Labute approximate surface area is 169 Å². The Kier molecular flexibility index (Phi) is 9.13. The Hall–Kier alpha value is -2.22. The number of carbonyl (C=O) groups is 1. The van der Waals surface area contributed by atoms with Gasteiger partial charge in [0.25, 0.3) is 0 Å². The first kappa shape index (κ1) is 22.1. The number of hydrogen-bond acceptors (Lipinski definition) is 5. The molecule has 2 aromatic carbocycles. The Bertz CT molecular complexity index is 741. The fourth-order valence-corrected chi connectivity index (χ4v) is 4.51. The van der Waals surface area contributed by atoms with Gasteiger partial charge in [0.05, 0.1) is 20.6 Å². The highest BCUT2D eigenvalue weighted by Gasteiger charge is 2.28. The van der Waals surface area contributed by atoms with E-state index in [4.69, 9.17) is 14.7 Å². The zero-order valence-corrected chi connectivity index (χ0v) is 17.0. The quantitative estimate of drug-likeness (QED) is 0.258. The van der Waals surface area contributed by atoms with Gasteiger partial charge in [-0.25, -0.2) is 5.48 Å². The molecule has 0 aromatic heterocycles. The molecule has 2 atom stereocenters. The Morgan fingerprint density at radius 2 is 1.82 bits per heavy atom. The molecule has 0 fully saturated rings. The molecule has 0 aliphatic carbocycles. The van der Waals surface area contributed by atoms with E-state index in [1.165, 1.54) is 19.8 Å². The van der Waals surface area contributed by atoms with Crippen LogP contribution in [0.5, 0.6) is 11.5 Å². The van der Waals surface area contributed by atoms with Crippen molar-refractivity contribution in [3.63, 3.8) is 0 Å². The van der Waals surface area contributed by atoms with Crippen molar-refractivity contribution in [2.24, 2.45) is 0 Å². The number of amides is 1. The lowest BCUT2D eigenvalue weighted by molar-refractivity contribution is -0.129. The molecule has 2 rings (SSSR count). The lowest BCUT2D eigenvalue weighted by atomic mass is 10.1. The highest BCUT2D eigenvalue weighted by Crippen LogP contribution is 2.32. The average molecular weight is 406 g/mol. The van der Waals surface area contributed by atoms with Gasteiger partial charge in [-0.1, -0.05) is 30.3 Å². The van der Waals surface area contributed by atoms with Crippen molar-refractivity contribution in [1.29, 1.82) is 0 Å². The lowest BCUT2D eigenvalue weighted by Crippen LogP contribution is -2.30. The number of hydroxylamine groups is 1. The van der Waals surface area contributed by atoms with E-state index in [2.05, 4.69) is 12.1 Å². The molecule has 0 aliphatic heterocycles. The van der Waals surface area contributed by atoms with Crippen molar-refractivity contribution in [3.05, 3.63) is 54.1 Å². The summed E-state index contributed by atoms with van der Waals surface area (Å²) in [6.07, 6.45) is 3.30. The minimum Gasteiger partial charge on any atom is -0.611 e. The largest absolute Gasteiger partial charge is 0.611 e. The van der Waals surface area contributed by atoms with Gasteiger partial charge in [-0.2, -0.15) is 0 Å². The monoisotopic (exact) mass is 405 g/mol. The third-order valence-corrected chi connectivity index (χ3v) is 6.24. The van der Waals surface area contributed by atoms with Crippen LogP contribution < -0.4 is 15.0 Å². The van der Waals surface area contributed by atoms with E-state index >= 15 is 0 Å². The number of methoxy groups -OCH3 is 2. The number of unbranched alkanes of at least 4 members (excludes halogenated alkanes) is 1. The summed E-state index contributed by atoms with van der Waals surface area (Å²) in [7, 11) is 3.06. The van der Waals surface area contributed by atoms with E-state index in [1.807, 2.05) is 18.2 Å². The first-order valence-corrected chi connectivity index (χ1v) is 10.4. The molecule has 0 saturated carbocycles. The van der Waals surface area contributed by atoms with E-state index in [0.717, 1.165) is 19.3 Å². The van der Waals surface area contributed by atoms with Crippen molar-refractivity contribution < 1.29 is 24.0 Å². The fraction of sp³-hybridized carbons (Fsp3) is 0.381. The fourth-order valence-electron chi connectivity index (χ4n) is 3.02. The molecule has 0 heterocycles. The van der Waals surface area contributed by atoms with Gasteiger partial charge in [0.15, 0.2) is 16.4 Å². The molecule has 0 aliphatic rings. The van der Waals surface area contributed by atoms with Gasteiger partial charge >= 0.3 is 0 Å². The zero-order chi connectivity index (χ0) is 20.4.